The fourth-order valence-corrected chi connectivity index (χ4v) is 4.28. The molecule has 0 aliphatic rings. The minimum absolute atomic E-state index is 0.0603. The molecule has 0 N–H and O–H groups in total. The minimum Gasteiger partial charge on any atom is -0.456 e. The molecule has 8 heteroatoms. The summed E-state index contributed by atoms with van der Waals surface area (Å²) in [5.41, 5.74) is 3.48. The molecule has 1 aromatic heterocycles. The average Bonchev–Trinajstić information content (AvgIpc) is 3.15. The highest BCUT2D eigenvalue weighted by Crippen LogP contribution is 2.37. The van der Waals surface area contributed by atoms with Crippen LogP contribution in [0.3, 0.4) is 0 Å². The van der Waals surface area contributed by atoms with Crippen LogP contribution in [0, 0.1) is 19.7 Å². The SMILES string of the molecule is CC(=O)N(c1nc(COC(=O)/C=C/c2cccc(F)c2)cs1)c1c(C)cc(C)cc1Cl. The van der Waals surface area contributed by atoms with E-state index in [2.05, 4.69) is 4.98 Å². The Labute approximate surface area is 188 Å². The van der Waals surface area contributed by atoms with Crippen LogP contribution in [0.25, 0.3) is 6.08 Å². The zero-order valence-corrected chi connectivity index (χ0v) is 18.8. The highest BCUT2D eigenvalue weighted by atomic mass is 35.5. The molecule has 2 aromatic carbocycles. The molecule has 0 spiro atoms. The van der Waals surface area contributed by atoms with Crippen LogP contribution >= 0.6 is 22.9 Å². The lowest BCUT2D eigenvalue weighted by Crippen LogP contribution is -2.24. The number of aromatic nitrogens is 1. The maximum Gasteiger partial charge on any atom is 0.331 e. The normalized spacial score (nSPS) is 11.0. The van der Waals surface area contributed by atoms with Crippen molar-refractivity contribution < 1.29 is 18.7 Å². The molecule has 0 aliphatic carbocycles. The molecule has 0 fully saturated rings. The Morgan fingerprint density at radius 1 is 1.26 bits per heavy atom. The van der Waals surface area contributed by atoms with Crippen LogP contribution in [-0.4, -0.2) is 16.9 Å². The van der Waals surface area contributed by atoms with Crippen molar-refractivity contribution in [1.29, 1.82) is 0 Å². The number of esters is 1. The number of carbonyl (C=O) groups is 2. The molecular weight excluding hydrogens is 439 g/mol. The van der Waals surface area contributed by atoms with Gasteiger partial charge < -0.3 is 4.74 Å². The predicted octanol–water partition coefficient (Wildman–Crippen LogP) is 5.99. The number of thiazole rings is 1. The molecule has 0 unspecified atom stereocenters. The molecule has 1 heterocycles. The summed E-state index contributed by atoms with van der Waals surface area (Å²) >= 11 is 7.66. The van der Waals surface area contributed by atoms with E-state index < -0.39 is 5.97 Å². The molecule has 5 nitrogen and oxygen atoms in total. The van der Waals surface area contributed by atoms with Gasteiger partial charge in [-0.25, -0.2) is 14.2 Å². The second kappa shape index (κ2) is 9.85. The van der Waals surface area contributed by atoms with Gasteiger partial charge in [-0.3, -0.25) is 9.69 Å². The van der Waals surface area contributed by atoms with Gasteiger partial charge in [-0.05, 0) is 54.8 Å². The Bertz CT molecular complexity index is 1140. The molecule has 1 amide bonds. The van der Waals surface area contributed by atoms with Crippen molar-refractivity contribution in [3.05, 3.63) is 81.1 Å². The number of hydrogen-bond donors (Lipinski definition) is 0. The summed E-state index contributed by atoms with van der Waals surface area (Å²) in [5.74, 6) is -1.20. The number of benzene rings is 2. The van der Waals surface area contributed by atoms with Gasteiger partial charge >= 0.3 is 5.97 Å². The molecule has 160 valence electrons. The predicted molar refractivity (Wildman–Crippen MR) is 121 cm³/mol. The summed E-state index contributed by atoms with van der Waals surface area (Å²) < 4.78 is 18.4. The Kier molecular flexibility index (Phi) is 7.20. The van der Waals surface area contributed by atoms with E-state index in [4.69, 9.17) is 16.3 Å². The van der Waals surface area contributed by atoms with Gasteiger partial charge in [-0.1, -0.05) is 29.8 Å². The number of ether oxygens (including phenoxy) is 1. The quantitative estimate of drug-likeness (QED) is 0.336. The summed E-state index contributed by atoms with van der Waals surface area (Å²) in [6.07, 6.45) is 2.69. The third kappa shape index (κ3) is 5.77. The Morgan fingerprint density at radius 2 is 2.03 bits per heavy atom. The Hall–Kier alpha value is -3.03. The van der Waals surface area contributed by atoms with Gasteiger partial charge in [0.15, 0.2) is 5.13 Å². The first-order chi connectivity index (χ1) is 14.7. The fourth-order valence-electron chi connectivity index (χ4n) is 3.01. The molecule has 0 aliphatic heterocycles. The number of amides is 1. The van der Waals surface area contributed by atoms with Gasteiger partial charge in [0.1, 0.15) is 12.4 Å². The van der Waals surface area contributed by atoms with E-state index in [9.17, 15) is 14.0 Å². The second-order valence-corrected chi connectivity index (χ2v) is 8.13. The molecular formula is C23H20ClFN2O3S. The van der Waals surface area contributed by atoms with E-state index in [0.717, 1.165) is 11.1 Å². The van der Waals surface area contributed by atoms with Crippen LogP contribution < -0.4 is 4.90 Å². The van der Waals surface area contributed by atoms with Crippen LogP contribution in [0.5, 0.6) is 0 Å². The smallest absolute Gasteiger partial charge is 0.331 e. The van der Waals surface area contributed by atoms with Crippen LogP contribution in [0.2, 0.25) is 5.02 Å². The summed E-state index contributed by atoms with van der Waals surface area (Å²) in [6.45, 7) is 5.19. The summed E-state index contributed by atoms with van der Waals surface area (Å²) in [4.78, 5) is 30.2. The van der Waals surface area contributed by atoms with Gasteiger partial charge in [-0.2, -0.15) is 0 Å². The van der Waals surface area contributed by atoms with Crippen LogP contribution in [0.4, 0.5) is 15.2 Å². The van der Waals surface area contributed by atoms with E-state index in [-0.39, 0.29) is 18.3 Å². The first-order valence-electron chi connectivity index (χ1n) is 9.37. The lowest BCUT2D eigenvalue weighted by atomic mass is 10.1. The monoisotopic (exact) mass is 458 g/mol. The largest absolute Gasteiger partial charge is 0.456 e. The van der Waals surface area contributed by atoms with Crippen molar-refractivity contribution >= 4 is 51.7 Å². The topological polar surface area (TPSA) is 59.5 Å². The van der Waals surface area contributed by atoms with Crippen LogP contribution in [-0.2, 0) is 20.9 Å². The molecule has 31 heavy (non-hydrogen) atoms. The molecule has 0 saturated carbocycles. The number of aryl methyl sites for hydroxylation is 2. The number of nitrogens with zero attached hydrogens (tertiary/aromatic N) is 2. The molecule has 3 aromatic rings. The fraction of sp³-hybridized carbons (Fsp3) is 0.174. The zero-order valence-electron chi connectivity index (χ0n) is 17.2. The third-order valence-corrected chi connectivity index (χ3v) is 5.45. The lowest BCUT2D eigenvalue weighted by molar-refractivity contribution is -0.139. The molecule has 0 bridgehead atoms. The van der Waals surface area contributed by atoms with E-state index in [0.29, 0.717) is 27.1 Å². The van der Waals surface area contributed by atoms with Gasteiger partial charge in [0.25, 0.3) is 0 Å². The van der Waals surface area contributed by atoms with Gasteiger partial charge in [0, 0.05) is 18.4 Å². The third-order valence-electron chi connectivity index (χ3n) is 4.29. The van der Waals surface area contributed by atoms with Gasteiger partial charge in [0.2, 0.25) is 5.91 Å². The second-order valence-electron chi connectivity index (χ2n) is 6.88. The highest BCUT2D eigenvalue weighted by molar-refractivity contribution is 7.14. The van der Waals surface area contributed by atoms with Gasteiger partial charge in [0.05, 0.1) is 16.4 Å². The van der Waals surface area contributed by atoms with Crippen molar-refractivity contribution in [2.45, 2.75) is 27.4 Å². The van der Waals surface area contributed by atoms with Gasteiger partial charge in [-0.15, -0.1) is 11.3 Å². The summed E-state index contributed by atoms with van der Waals surface area (Å²) in [5, 5.41) is 2.60. The van der Waals surface area contributed by atoms with E-state index in [1.54, 1.807) is 23.6 Å². The number of carbonyl (C=O) groups excluding carboxylic acids is 2. The van der Waals surface area contributed by atoms with Crippen molar-refractivity contribution in [1.82, 2.24) is 4.98 Å². The number of hydrogen-bond acceptors (Lipinski definition) is 5. The average molecular weight is 459 g/mol. The lowest BCUT2D eigenvalue weighted by Gasteiger charge is -2.22. The first kappa shape index (κ1) is 22.7. The van der Waals surface area contributed by atoms with Crippen molar-refractivity contribution in [2.75, 3.05) is 4.90 Å². The Morgan fingerprint density at radius 3 is 2.71 bits per heavy atom. The van der Waals surface area contributed by atoms with Crippen molar-refractivity contribution in [3.8, 4) is 0 Å². The maximum absolute atomic E-state index is 13.2. The first-order valence-corrected chi connectivity index (χ1v) is 10.6. The highest BCUT2D eigenvalue weighted by Gasteiger charge is 2.22. The summed E-state index contributed by atoms with van der Waals surface area (Å²) in [6, 6.07) is 9.60. The van der Waals surface area contributed by atoms with Crippen LogP contribution in [0.1, 0.15) is 29.3 Å². The maximum atomic E-state index is 13.2. The molecule has 0 atom stereocenters. The molecule has 0 saturated heterocycles. The molecule has 0 radical (unpaired) electrons. The minimum atomic E-state index is -0.584. The summed E-state index contributed by atoms with van der Waals surface area (Å²) in [7, 11) is 0. The van der Waals surface area contributed by atoms with E-state index in [1.807, 2.05) is 19.9 Å². The van der Waals surface area contributed by atoms with E-state index >= 15 is 0 Å². The van der Waals surface area contributed by atoms with Crippen molar-refractivity contribution in [3.63, 3.8) is 0 Å². The number of rotatable bonds is 6. The van der Waals surface area contributed by atoms with Crippen molar-refractivity contribution in [2.24, 2.45) is 0 Å². The molecule has 3 rings (SSSR count). The zero-order chi connectivity index (χ0) is 22.5. The van der Waals surface area contributed by atoms with E-state index in [1.165, 1.54) is 47.4 Å². The van der Waals surface area contributed by atoms with Crippen LogP contribution in [0.15, 0.2) is 47.9 Å². The number of anilines is 2. The standard InChI is InChI=1S/C23H20ClFN2O3S/c1-14-9-15(2)22(20(24)10-14)27(16(3)28)23-26-19(13-31-23)12-30-21(29)8-7-17-5-4-6-18(25)11-17/h4-11,13H,12H2,1-3H3/b8-7+. The number of halogens is 2. The Balaban J connectivity index is 1.71.